The average Bonchev–Trinajstić information content (AvgIpc) is 2.99. The molecule has 128 valence electrons. The first kappa shape index (κ1) is 15.4. The van der Waals surface area contributed by atoms with Gasteiger partial charge in [0.05, 0.1) is 11.8 Å². The van der Waals surface area contributed by atoms with E-state index in [-0.39, 0.29) is 17.3 Å². The first-order chi connectivity index (χ1) is 11.7. The molecule has 1 saturated heterocycles. The number of furan rings is 1. The van der Waals surface area contributed by atoms with Crippen molar-refractivity contribution in [3.05, 3.63) is 35.5 Å². The van der Waals surface area contributed by atoms with Gasteiger partial charge in [-0.2, -0.15) is 0 Å². The number of rotatable bonds is 6. The fourth-order valence-electron chi connectivity index (χ4n) is 3.70. The van der Waals surface area contributed by atoms with Gasteiger partial charge in [-0.3, -0.25) is 9.59 Å². The number of hydrogen-bond donors (Lipinski definition) is 1. The van der Waals surface area contributed by atoms with Crippen molar-refractivity contribution in [2.45, 2.75) is 31.7 Å². The molecule has 0 radical (unpaired) electrons. The van der Waals surface area contributed by atoms with Crippen LogP contribution < -0.4 is 0 Å². The van der Waals surface area contributed by atoms with Gasteiger partial charge in [0.1, 0.15) is 11.8 Å². The Balaban J connectivity index is 1.60. The second-order valence-corrected chi connectivity index (χ2v) is 6.87. The van der Waals surface area contributed by atoms with E-state index < -0.39 is 17.7 Å². The average molecular weight is 330 g/mol. The van der Waals surface area contributed by atoms with Gasteiger partial charge >= 0.3 is 0 Å². The van der Waals surface area contributed by atoms with E-state index >= 15 is 0 Å². The minimum atomic E-state index is -0.594. The standard InChI is InChI=1S/C18H22N2O4/c21-16(12-5-6-12)14-15(13-4-3-11-24-13)20(18(23)17(14)22)10-9-19-7-1-2-8-19/h3-4,11-12,15,22H,1-2,5-10H2. The predicted octanol–water partition coefficient (Wildman–Crippen LogP) is 2.05. The number of ketones is 1. The quantitative estimate of drug-likeness (QED) is 0.864. The normalized spacial score (nSPS) is 25.1. The Morgan fingerprint density at radius 1 is 1.25 bits per heavy atom. The van der Waals surface area contributed by atoms with Crippen molar-refractivity contribution in [3.63, 3.8) is 0 Å². The second kappa shape index (κ2) is 6.09. The van der Waals surface area contributed by atoms with Crippen LogP contribution >= 0.6 is 0 Å². The van der Waals surface area contributed by atoms with E-state index in [1.54, 1.807) is 17.0 Å². The number of likely N-dealkylation sites (tertiary alicyclic amines) is 1. The molecule has 1 amide bonds. The highest BCUT2D eigenvalue weighted by molar-refractivity contribution is 6.10. The number of amides is 1. The molecule has 3 aliphatic rings. The summed E-state index contributed by atoms with van der Waals surface area (Å²) in [6, 6.07) is 2.91. The fourth-order valence-corrected chi connectivity index (χ4v) is 3.70. The third kappa shape index (κ3) is 2.65. The van der Waals surface area contributed by atoms with Gasteiger partial charge in [-0.15, -0.1) is 0 Å². The van der Waals surface area contributed by atoms with Gasteiger partial charge in [-0.25, -0.2) is 0 Å². The molecule has 4 rings (SSSR count). The Kier molecular flexibility index (Phi) is 3.92. The molecule has 0 spiro atoms. The van der Waals surface area contributed by atoms with E-state index in [2.05, 4.69) is 4.90 Å². The number of aliphatic hydroxyl groups excluding tert-OH is 1. The summed E-state index contributed by atoms with van der Waals surface area (Å²) in [5, 5.41) is 10.3. The summed E-state index contributed by atoms with van der Waals surface area (Å²) in [4.78, 5) is 29.1. The van der Waals surface area contributed by atoms with Crippen molar-refractivity contribution < 1.29 is 19.1 Å². The van der Waals surface area contributed by atoms with Crippen molar-refractivity contribution in [2.75, 3.05) is 26.2 Å². The summed E-state index contributed by atoms with van der Waals surface area (Å²) in [6.07, 6.45) is 5.58. The number of carbonyl (C=O) groups excluding carboxylic acids is 2. The molecular weight excluding hydrogens is 308 g/mol. The zero-order valence-electron chi connectivity index (χ0n) is 13.6. The monoisotopic (exact) mass is 330 g/mol. The summed E-state index contributed by atoms with van der Waals surface area (Å²) in [7, 11) is 0. The maximum Gasteiger partial charge on any atom is 0.290 e. The van der Waals surface area contributed by atoms with Gasteiger partial charge in [0, 0.05) is 19.0 Å². The molecule has 0 aromatic carbocycles. The van der Waals surface area contributed by atoms with Crippen molar-refractivity contribution in [1.29, 1.82) is 0 Å². The maximum atomic E-state index is 12.6. The summed E-state index contributed by atoms with van der Waals surface area (Å²) in [6.45, 7) is 3.32. The summed E-state index contributed by atoms with van der Waals surface area (Å²) in [5.41, 5.74) is 0.221. The lowest BCUT2D eigenvalue weighted by atomic mass is 9.98. The topological polar surface area (TPSA) is 74.0 Å². The zero-order valence-corrected chi connectivity index (χ0v) is 13.6. The zero-order chi connectivity index (χ0) is 16.7. The van der Waals surface area contributed by atoms with Crippen LogP contribution in [0.4, 0.5) is 0 Å². The molecule has 1 saturated carbocycles. The molecule has 1 atom stereocenters. The Morgan fingerprint density at radius 2 is 2.00 bits per heavy atom. The van der Waals surface area contributed by atoms with Crippen molar-refractivity contribution >= 4 is 11.7 Å². The third-order valence-corrected chi connectivity index (χ3v) is 5.19. The van der Waals surface area contributed by atoms with Crippen molar-refractivity contribution in [3.8, 4) is 0 Å². The molecule has 2 fully saturated rings. The van der Waals surface area contributed by atoms with Crippen molar-refractivity contribution in [1.82, 2.24) is 9.80 Å². The third-order valence-electron chi connectivity index (χ3n) is 5.19. The molecule has 0 bridgehead atoms. The maximum absolute atomic E-state index is 12.6. The van der Waals surface area contributed by atoms with E-state index in [4.69, 9.17) is 4.42 Å². The van der Waals surface area contributed by atoms with Gasteiger partial charge in [-0.05, 0) is 50.9 Å². The molecule has 6 nitrogen and oxygen atoms in total. The molecule has 3 heterocycles. The SMILES string of the molecule is O=C(C1=C(O)C(=O)N(CCN2CCCC2)C1c1ccco1)C1CC1. The first-order valence-corrected chi connectivity index (χ1v) is 8.71. The minimum absolute atomic E-state index is 0.0501. The van der Waals surface area contributed by atoms with E-state index in [1.807, 2.05) is 0 Å². The Labute approximate surface area is 140 Å². The van der Waals surface area contributed by atoms with E-state index in [0.717, 1.165) is 32.5 Å². The molecule has 24 heavy (non-hydrogen) atoms. The summed E-state index contributed by atoms with van der Waals surface area (Å²) in [5.74, 6) is -0.469. The fraction of sp³-hybridized carbons (Fsp3) is 0.556. The predicted molar refractivity (Wildman–Crippen MR) is 86.2 cm³/mol. The van der Waals surface area contributed by atoms with Gasteiger partial charge in [-0.1, -0.05) is 0 Å². The van der Waals surface area contributed by atoms with Gasteiger partial charge in [0.15, 0.2) is 11.5 Å². The first-order valence-electron chi connectivity index (χ1n) is 8.71. The number of aliphatic hydroxyl groups is 1. The molecule has 1 unspecified atom stereocenters. The van der Waals surface area contributed by atoms with Crippen LogP contribution in [0.5, 0.6) is 0 Å². The van der Waals surface area contributed by atoms with E-state index in [9.17, 15) is 14.7 Å². The minimum Gasteiger partial charge on any atom is -0.503 e. The van der Waals surface area contributed by atoms with E-state index in [1.165, 1.54) is 19.1 Å². The van der Waals surface area contributed by atoms with Crippen molar-refractivity contribution in [2.24, 2.45) is 5.92 Å². The molecule has 6 heteroatoms. The Bertz CT molecular complexity index is 669. The smallest absolute Gasteiger partial charge is 0.290 e. The van der Waals surface area contributed by atoms with Crippen LogP contribution in [0.15, 0.2) is 34.1 Å². The van der Waals surface area contributed by atoms with Gasteiger partial charge in [0.25, 0.3) is 5.91 Å². The van der Waals surface area contributed by atoms with Crippen LogP contribution in [0.3, 0.4) is 0 Å². The lowest BCUT2D eigenvalue weighted by molar-refractivity contribution is -0.129. The molecule has 1 N–H and O–H groups in total. The van der Waals surface area contributed by atoms with Crippen LogP contribution in [0.2, 0.25) is 0 Å². The number of carbonyl (C=O) groups is 2. The molecule has 1 aliphatic carbocycles. The largest absolute Gasteiger partial charge is 0.503 e. The number of hydrogen-bond acceptors (Lipinski definition) is 5. The molecule has 1 aromatic heterocycles. The summed E-state index contributed by atoms with van der Waals surface area (Å²) >= 11 is 0. The van der Waals surface area contributed by atoms with Crippen LogP contribution in [-0.4, -0.2) is 52.8 Å². The second-order valence-electron chi connectivity index (χ2n) is 6.87. The lowest BCUT2D eigenvalue weighted by Crippen LogP contribution is -2.37. The Morgan fingerprint density at radius 3 is 2.62 bits per heavy atom. The van der Waals surface area contributed by atoms with Crippen LogP contribution in [0.1, 0.15) is 37.5 Å². The molecular formula is C18H22N2O4. The van der Waals surface area contributed by atoms with Gasteiger partial charge < -0.3 is 19.3 Å². The van der Waals surface area contributed by atoms with Crippen LogP contribution in [0.25, 0.3) is 0 Å². The van der Waals surface area contributed by atoms with Gasteiger partial charge in [0.2, 0.25) is 0 Å². The highest BCUT2D eigenvalue weighted by Crippen LogP contribution is 2.43. The lowest BCUT2D eigenvalue weighted by Gasteiger charge is -2.27. The molecule has 2 aliphatic heterocycles. The van der Waals surface area contributed by atoms with E-state index in [0.29, 0.717) is 12.3 Å². The van der Waals surface area contributed by atoms with Crippen LogP contribution in [0, 0.1) is 5.92 Å². The number of Topliss-reactive ketones (excluding diaryl/α,β-unsaturated/α-hetero) is 1. The highest BCUT2D eigenvalue weighted by Gasteiger charge is 2.48. The Hall–Kier alpha value is -2.08. The molecule has 1 aromatic rings. The highest BCUT2D eigenvalue weighted by atomic mass is 16.3. The summed E-state index contributed by atoms with van der Waals surface area (Å²) < 4.78 is 5.49. The van der Waals surface area contributed by atoms with Crippen LogP contribution in [-0.2, 0) is 9.59 Å². The number of nitrogens with zero attached hydrogens (tertiary/aromatic N) is 2.